The van der Waals surface area contributed by atoms with E-state index < -0.39 is 52.6 Å². The van der Waals surface area contributed by atoms with Crippen molar-refractivity contribution in [3.05, 3.63) is 46.1 Å². The van der Waals surface area contributed by atoms with Crippen LogP contribution in [-0.2, 0) is 27.0 Å². The van der Waals surface area contributed by atoms with Crippen LogP contribution in [0, 0.1) is 10.1 Å². The molecule has 2 amide bonds. The molecule has 0 spiro atoms. The summed E-state index contributed by atoms with van der Waals surface area (Å²) in [7, 11) is 0. The second kappa shape index (κ2) is 8.49. The molecule has 2 aromatic rings. The molecular formula is C17H16F3N5O5. The number of nitrogens with zero attached hydrogens (tertiary/aromatic N) is 3. The van der Waals surface area contributed by atoms with Crippen molar-refractivity contribution in [2.75, 3.05) is 17.2 Å². The fraction of sp³-hybridized carbons (Fsp3) is 0.353. The Morgan fingerprint density at radius 3 is 2.67 bits per heavy atom. The van der Waals surface area contributed by atoms with Gasteiger partial charge in [-0.3, -0.25) is 9.59 Å². The number of hydrogen-bond acceptors (Lipinski definition) is 6. The third kappa shape index (κ3) is 5.11. The molecule has 0 radical (unpaired) electrons. The SMILES string of the molecule is O=C(Cn1ccc([N+](=O)[O-])n1)Nc1ccc(NC(=O)C2CCCO2)cc1C(F)(F)F. The Labute approximate surface area is 167 Å². The van der Waals surface area contributed by atoms with Crippen molar-refractivity contribution in [1.29, 1.82) is 0 Å². The van der Waals surface area contributed by atoms with Gasteiger partial charge in [0.15, 0.2) is 0 Å². The Balaban J connectivity index is 1.73. The number of carbonyl (C=O) groups is 2. The summed E-state index contributed by atoms with van der Waals surface area (Å²) in [4.78, 5) is 34.0. The van der Waals surface area contributed by atoms with Crippen molar-refractivity contribution in [3.63, 3.8) is 0 Å². The molecule has 1 aliphatic heterocycles. The summed E-state index contributed by atoms with van der Waals surface area (Å²) < 4.78 is 46.5. The van der Waals surface area contributed by atoms with Crippen LogP contribution >= 0.6 is 0 Å². The predicted molar refractivity (Wildman–Crippen MR) is 96.6 cm³/mol. The summed E-state index contributed by atoms with van der Waals surface area (Å²) in [5.41, 5.74) is -1.78. The van der Waals surface area contributed by atoms with E-state index in [1.54, 1.807) is 0 Å². The molecule has 1 unspecified atom stereocenters. The summed E-state index contributed by atoms with van der Waals surface area (Å²) >= 11 is 0. The topological polar surface area (TPSA) is 128 Å². The fourth-order valence-electron chi connectivity index (χ4n) is 2.85. The molecule has 30 heavy (non-hydrogen) atoms. The number of hydrogen-bond donors (Lipinski definition) is 2. The first-order valence-corrected chi connectivity index (χ1v) is 8.75. The van der Waals surface area contributed by atoms with Crippen LogP contribution in [0.5, 0.6) is 0 Å². The van der Waals surface area contributed by atoms with Crippen LogP contribution < -0.4 is 10.6 Å². The second-order valence-corrected chi connectivity index (χ2v) is 6.43. The predicted octanol–water partition coefficient (Wildman–Crippen LogP) is 2.57. The zero-order chi connectivity index (χ0) is 21.9. The second-order valence-electron chi connectivity index (χ2n) is 6.43. The lowest BCUT2D eigenvalue weighted by Crippen LogP contribution is -2.27. The third-order valence-corrected chi connectivity index (χ3v) is 4.21. The van der Waals surface area contributed by atoms with Gasteiger partial charge in [-0.1, -0.05) is 0 Å². The summed E-state index contributed by atoms with van der Waals surface area (Å²) in [6.07, 6.45) is -3.19. The number of anilines is 2. The highest BCUT2D eigenvalue weighted by Crippen LogP contribution is 2.36. The van der Waals surface area contributed by atoms with Crippen molar-refractivity contribution in [3.8, 4) is 0 Å². The monoisotopic (exact) mass is 427 g/mol. The normalized spacial score (nSPS) is 16.3. The molecular weight excluding hydrogens is 411 g/mol. The largest absolute Gasteiger partial charge is 0.418 e. The van der Waals surface area contributed by atoms with E-state index in [1.807, 2.05) is 0 Å². The quantitative estimate of drug-likeness (QED) is 0.539. The van der Waals surface area contributed by atoms with Gasteiger partial charge in [0.1, 0.15) is 12.6 Å². The Morgan fingerprint density at radius 1 is 1.30 bits per heavy atom. The number of carbonyl (C=O) groups excluding carboxylic acids is 2. The van der Waals surface area contributed by atoms with Gasteiger partial charge in [0, 0.05) is 12.3 Å². The lowest BCUT2D eigenvalue weighted by atomic mass is 10.1. The van der Waals surface area contributed by atoms with E-state index in [4.69, 9.17) is 4.74 Å². The maximum absolute atomic E-state index is 13.5. The van der Waals surface area contributed by atoms with E-state index in [2.05, 4.69) is 15.7 Å². The van der Waals surface area contributed by atoms with Gasteiger partial charge >= 0.3 is 12.0 Å². The molecule has 1 aliphatic rings. The average molecular weight is 427 g/mol. The van der Waals surface area contributed by atoms with E-state index in [1.165, 1.54) is 6.07 Å². The van der Waals surface area contributed by atoms with E-state index in [0.717, 1.165) is 23.0 Å². The summed E-state index contributed by atoms with van der Waals surface area (Å²) in [6, 6.07) is 4.00. The summed E-state index contributed by atoms with van der Waals surface area (Å²) in [5, 5.41) is 18.6. The first-order valence-electron chi connectivity index (χ1n) is 8.75. The Morgan fingerprint density at radius 2 is 2.07 bits per heavy atom. The van der Waals surface area contributed by atoms with Crippen LogP contribution in [-0.4, -0.2) is 39.2 Å². The van der Waals surface area contributed by atoms with Crippen LogP contribution in [0.3, 0.4) is 0 Å². The molecule has 2 N–H and O–H groups in total. The number of rotatable bonds is 6. The third-order valence-electron chi connectivity index (χ3n) is 4.21. The van der Waals surface area contributed by atoms with Gasteiger partial charge in [-0.25, -0.2) is 0 Å². The molecule has 1 aromatic heterocycles. The molecule has 3 rings (SSSR count). The number of benzene rings is 1. The van der Waals surface area contributed by atoms with Crippen molar-refractivity contribution in [2.24, 2.45) is 0 Å². The van der Waals surface area contributed by atoms with Gasteiger partial charge in [-0.05, 0) is 36.0 Å². The zero-order valence-corrected chi connectivity index (χ0v) is 15.3. The molecule has 10 nitrogen and oxygen atoms in total. The van der Waals surface area contributed by atoms with Crippen molar-refractivity contribution in [2.45, 2.75) is 31.7 Å². The molecule has 0 saturated carbocycles. The van der Waals surface area contributed by atoms with Crippen LogP contribution in [0.2, 0.25) is 0 Å². The lowest BCUT2D eigenvalue weighted by Gasteiger charge is -2.16. The van der Waals surface area contributed by atoms with Gasteiger partial charge in [0.2, 0.25) is 5.91 Å². The van der Waals surface area contributed by atoms with E-state index in [9.17, 15) is 32.9 Å². The smallest absolute Gasteiger partial charge is 0.368 e. The number of amides is 2. The van der Waals surface area contributed by atoms with Gasteiger partial charge in [0.25, 0.3) is 5.91 Å². The molecule has 1 aromatic carbocycles. The first-order chi connectivity index (χ1) is 14.1. The van der Waals surface area contributed by atoms with Gasteiger partial charge in [0.05, 0.1) is 28.6 Å². The van der Waals surface area contributed by atoms with Crippen LogP contribution in [0.15, 0.2) is 30.5 Å². The van der Waals surface area contributed by atoms with Crippen molar-refractivity contribution in [1.82, 2.24) is 9.78 Å². The molecule has 13 heteroatoms. The average Bonchev–Trinajstić information content (AvgIpc) is 3.34. The highest BCUT2D eigenvalue weighted by molar-refractivity contribution is 5.95. The molecule has 1 atom stereocenters. The maximum atomic E-state index is 13.5. The molecule has 0 aliphatic carbocycles. The molecule has 1 saturated heterocycles. The Bertz CT molecular complexity index is 969. The highest BCUT2D eigenvalue weighted by atomic mass is 19.4. The summed E-state index contributed by atoms with van der Waals surface area (Å²) in [5.74, 6) is -1.91. The fourth-order valence-corrected chi connectivity index (χ4v) is 2.85. The van der Waals surface area contributed by atoms with Crippen molar-refractivity contribution < 1.29 is 32.4 Å². The molecule has 2 heterocycles. The van der Waals surface area contributed by atoms with E-state index in [-0.39, 0.29) is 5.69 Å². The Hall–Kier alpha value is -3.48. The minimum atomic E-state index is -4.81. The van der Waals surface area contributed by atoms with Gasteiger partial charge in [-0.2, -0.15) is 17.9 Å². The number of nitrogens with one attached hydrogen (secondary N) is 2. The number of ether oxygens (including phenoxy) is 1. The number of alkyl halides is 3. The minimum Gasteiger partial charge on any atom is -0.368 e. The van der Waals surface area contributed by atoms with E-state index >= 15 is 0 Å². The first kappa shape index (κ1) is 21.2. The molecule has 160 valence electrons. The molecule has 1 fully saturated rings. The van der Waals surface area contributed by atoms with Crippen LogP contribution in [0.1, 0.15) is 18.4 Å². The maximum Gasteiger partial charge on any atom is 0.418 e. The number of halogens is 3. The number of nitro groups is 1. The Kier molecular flexibility index (Phi) is 6.01. The minimum absolute atomic E-state index is 0.0940. The standard InChI is InChI=1S/C17H16F3N5O5/c18-17(19,20)11-8-10(21-16(27)13-2-1-7-30-13)3-4-12(11)22-15(26)9-24-6-5-14(23-24)25(28)29/h3-6,8,13H,1-2,7,9H2,(H,21,27)(H,22,26). The van der Waals surface area contributed by atoms with Crippen LogP contribution in [0.4, 0.5) is 30.4 Å². The van der Waals surface area contributed by atoms with Crippen molar-refractivity contribution >= 4 is 29.0 Å². The van der Waals surface area contributed by atoms with Gasteiger partial charge < -0.3 is 25.5 Å². The van der Waals surface area contributed by atoms with Gasteiger partial charge in [-0.15, -0.1) is 0 Å². The number of aromatic nitrogens is 2. The lowest BCUT2D eigenvalue weighted by molar-refractivity contribution is -0.389. The highest BCUT2D eigenvalue weighted by Gasteiger charge is 2.35. The zero-order valence-electron chi connectivity index (χ0n) is 15.3. The molecule has 0 bridgehead atoms. The van der Waals surface area contributed by atoms with Crippen LogP contribution in [0.25, 0.3) is 0 Å². The van der Waals surface area contributed by atoms with E-state index in [0.29, 0.717) is 25.5 Å². The summed E-state index contributed by atoms with van der Waals surface area (Å²) in [6.45, 7) is -0.112.